The molecule has 4 aromatic rings. The van der Waals surface area contributed by atoms with Gasteiger partial charge in [-0.15, -0.1) is 0 Å². The van der Waals surface area contributed by atoms with Gasteiger partial charge in [0.2, 0.25) is 5.89 Å². The monoisotopic (exact) mass is 402 g/mol. The fourth-order valence-corrected chi connectivity index (χ4v) is 4.33. The number of nitrogens with zero attached hydrogens (tertiary/aromatic N) is 3. The molecule has 0 bridgehead atoms. The van der Waals surface area contributed by atoms with Gasteiger partial charge in [0, 0.05) is 34.8 Å². The third-order valence-corrected chi connectivity index (χ3v) is 5.98. The van der Waals surface area contributed by atoms with Gasteiger partial charge in [-0.05, 0) is 49.1 Å². The van der Waals surface area contributed by atoms with Crippen molar-refractivity contribution < 1.29 is 4.42 Å². The number of aromatic amines is 1. The molecule has 8 heteroatoms. The number of nitriles is 1. The zero-order valence-electron chi connectivity index (χ0n) is 15.4. The number of aromatic nitrogens is 3. The molecule has 5 rings (SSSR count). The van der Waals surface area contributed by atoms with Gasteiger partial charge in [0.15, 0.2) is 0 Å². The number of anilines is 1. The van der Waals surface area contributed by atoms with Crippen LogP contribution >= 0.6 is 11.9 Å². The van der Waals surface area contributed by atoms with Crippen molar-refractivity contribution in [3.8, 4) is 17.5 Å². The highest BCUT2D eigenvalue weighted by Gasteiger charge is 2.30. The van der Waals surface area contributed by atoms with E-state index in [0.717, 1.165) is 40.0 Å². The zero-order chi connectivity index (χ0) is 19.6. The first kappa shape index (κ1) is 17.8. The molecule has 0 aliphatic heterocycles. The second-order valence-corrected chi connectivity index (χ2v) is 7.90. The Bertz CT molecular complexity index is 1170. The molecule has 0 amide bonds. The standard InChI is InChI=1S/C21H18N6OS/c22-11-13-2-1-3-16(8-13)29-27-15-9-14(10-15)26-19-17-4-5-23-20(17)25-12-18(19)21-24-6-7-28-21/h1-8,12,14-15,27H,9-10H2,(H2,23,25,26)/t14-,15-. The number of nitrogens with one attached hydrogen (secondary N) is 3. The Balaban J connectivity index is 1.26. The molecular weight excluding hydrogens is 384 g/mol. The molecule has 1 aromatic carbocycles. The van der Waals surface area contributed by atoms with E-state index in [1.165, 1.54) is 0 Å². The minimum absolute atomic E-state index is 0.354. The van der Waals surface area contributed by atoms with Crippen molar-refractivity contribution in [2.45, 2.75) is 29.8 Å². The van der Waals surface area contributed by atoms with Gasteiger partial charge in [-0.3, -0.25) is 4.72 Å². The number of H-pyrrole nitrogens is 1. The Labute approximate surface area is 171 Å². The summed E-state index contributed by atoms with van der Waals surface area (Å²) in [5.74, 6) is 0.560. The largest absolute Gasteiger partial charge is 0.444 e. The Hall–Kier alpha value is -3.28. The van der Waals surface area contributed by atoms with Crippen molar-refractivity contribution in [2.24, 2.45) is 0 Å². The van der Waals surface area contributed by atoms with Crippen LogP contribution in [0.2, 0.25) is 0 Å². The molecule has 3 aromatic heterocycles. The van der Waals surface area contributed by atoms with Crippen molar-refractivity contribution in [1.82, 2.24) is 19.7 Å². The van der Waals surface area contributed by atoms with E-state index in [-0.39, 0.29) is 0 Å². The second-order valence-electron chi connectivity index (χ2n) is 6.99. The van der Waals surface area contributed by atoms with E-state index in [9.17, 15) is 0 Å². The molecule has 0 spiro atoms. The summed E-state index contributed by atoms with van der Waals surface area (Å²) in [4.78, 5) is 13.0. The summed E-state index contributed by atoms with van der Waals surface area (Å²) in [7, 11) is 0. The number of benzene rings is 1. The van der Waals surface area contributed by atoms with Crippen LogP contribution in [-0.2, 0) is 0 Å². The number of rotatable bonds is 6. The maximum Gasteiger partial charge on any atom is 0.229 e. The lowest BCUT2D eigenvalue weighted by atomic mass is 9.87. The average molecular weight is 402 g/mol. The van der Waals surface area contributed by atoms with E-state index < -0.39 is 0 Å². The lowest BCUT2D eigenvalue weighted by Crippen LogP contribution is -2.45. The SMILES string of the molecule is N#Cc1cccc(SN[C@H]2C[C@H](Nc3c(-c4ncco4)cnc4[nH]ccc34)C2)c1. The Morgan fingerprint density at radius 1 is 1.21 bits per heavy atom. The fraction of sp³-hybridized carbons (Fsp3) is 0.190. The van der Waals surface area contributed by atoms with Crippen LogP contribution in [0.4, 0.5) is 5.69 Å². The first-order valence-electron chi connectivity index (χ1n) is 9.35. The van der Waals surface area contributed by atoms with Crippen molar-refractivity contribution >= 4 is 28.7 Å². The molecule has 29 heavy (non-hydrogen) atoms. The smallest absolute Gasteiger partial charge is 0.229 e. The van der Waals surface area contributed by atoms with E-state index in [4.69, 9.17) is 9.68 Å². The molecule has 144 valence electrons. The minimum atomic E-state index is 0.354. The normalized spacial score (nSPS) is 18.3. The average Bonchev–Trinajstić information content (AvgIpc) is 3.41. The summed E-state index contributed by atoms with van der Waals surface area (Å²) in [6.07, 6.45) is 8.90. The molecule has 0 saturated heterocycles. The van der Waals surface area contributed by atoms with Gasteiger partial charge in [-0.1, -0.05) is 6.07 Å². The van der Waals surface area contributed by atoms with Crippen LogP contribution < -0.4 is 10.0 Å². The van der Waals surface area contributed by atoms with E-state index in [1.807, 2.05) is 36.5 Å². The van der Waals surface area contributed by atoms with E-state index in [2.05, 4.69) is 31.1 Å². The summed E-state index contributed by atoms with van der Waals surface area (Å²) in [6.45, 7) is 0. The first-order valence-corrected chi connectivity index (χ1v) is 10.2. The molecular formula is C21H18N6OS. The summed E-state index contributed by atoms with van der Waals surface area (Å²) in [6, 6.07) is 12.6. The van der Waals surface area contributed by atoms with E-state index >= 15 is 0 Å². The van der Waals surface area contributed by atoms with Crippen molar-refractivity contribution in [1.29, 1.82) is 5.26 Å². The molecule has 1 aliphatic rings. The molecule has 7 nitrogen and oxygen atoms in total. The lowest BCUT2D eigenvalue weighted by Gasteiger charge is -2.37. The molecule has 0 unspecified atom stereocenters. The molecule has 0 atom stereocenters. The molecule has 1 aliphatic carbocycles. The predicted octanol–water partition coefficient (Wildman–Crippen LogP) is 4.33. The Morgan fingerprint density at radius 2 is 2.14 bits per heavy atom. The van der Waals surface area contributed by atoms with E-state index in [1.54, 1.807) is 30.6 Å². The summed E-state index contributed by atoms with van der Waals surface area (Å²) in [5.41, 5.74) is 3.37. The zero-order valence-corrected chi connectivity index (χ0v) is 16.2. The molecule has 3 heterocycles. The molecule has 1 saturated carbocycles. The van der Waals surface area contributed by atoms with Gasteiger partial charge in [-0.25, -0.2) is 9.97 Å². The number of hydrogen-bond acceptors (Lipinski definition) is 7. The number of fused-ring (bicyclic) bond motifs is 1. The summed E-state index contributed by atoms with van der Waals surface area (Å²) < 4.78 is 9.00. The molecule has 3 N–H and O–H groups in total. The fourth-order valence-electron chi connectivity index (χ4n) is 3.50. The van der Waals surface area contributed by atoms with Crippen molar-refractivity contribution in [3.63, 3.8) is 0 Å². The molecule has 0 radical (unpaired) electrons. The minimum Gasteiger partial charge on any atom is -0.444 e. The first-order chi connectivity index (χ1) is 14.3. The highest BCUT2D eigenvalue weighted by Crippen LogP contribution is 2.36. The highest BCUT2D eigenvalue weighted by molar-refractivity contribution is 7.97. The predicted molar refractivity (Wildman–Crippen MR) is 112 cm³/mol. The van der Waals surface area contributed by atoms with E-state index in [0.29, 0.717) is 23.5 Å². The third-order valence-electron chi connectivity index (χ3n) is 5.04. The van der Waals surface area contributed by atoms with Gasteiger partial charge in [0.1, 0.15) is 11.9 Å². The number of oxazole rings is 1. The quantitative estimate of drug-likeness (QED) is 0.413. The Morgan fingerprint density at radius 3 is 2.97 bits per heavy atom. The third kappa shape index (κ3) is 3.58. The van der Waals surface area contributed by atoms with Crippen LogP contribution in [0.3, 0.4) is 0 Å². The lowest BCUT2D eigenvalue weighted by molar-refractivity contribution is 0.355. The topological polar surface area (TPSA) is 103 Å². The van der Waals surface area contributed by atoms with Crippen LogP contribution in [0.5, 0.6) is 0 Å². The highest BCUT2D eigenvalue weighted by atomic mass is 32.2. The van der Waals surface area contributed by atoms with Crippen LogP contribution in [0.15, 0.2) is 64.5 Å². The van der Waals surface area contributed by atoms with Crippen LogP contribution in [0.25, 0.3) is 22.5 Å². The van der Waals surface area contributed by atoms with Gasteiger partial charge in [0.25, 0.3) is 0 Å². The van der Waals surface area contributed by atoms with Gasteiger partial charge >= 0.3 is 0 Å². The van der Waals surface area contributed by atoms with Gasteiger partial charge < -0.3 is 14.7 Å². The van der Waals surface area contributed by atoms with Crippen LogP contribution in [-0.4, -0.2) is 27.0 Å². The van der Waals surface area contributed by atoms with Gasteiger partial charge in [0.05, 0.1) is 29.1 Å². The second kappa shape index (κ2) is 7.62. The maximum atomic E-state index is 9.02. The maximum absolute atomic E-state index is 9.02. The summed E-state index contributed by atoms with van der Waals surface area (Å²) in [5, 5.41) is 13.7. The number of hydrogen-bond donors (Lipinski definition) is 3. The molecule has 1 fully saturated rings. The van der Waals surface area contributed by atoms with Crippen LogP contribution in [0, 0.1) is 11.3 Å². The summed E-state index contributed by atoms with van der Waals surface area (Å²) >= 11 is 1.58. The van der Waals surface area contributed by atoms with Crippen molar-refractivity contribution in [3.05, 3.63) is 60.7 Å². The van der Waals surface area contributed by atoms with Crippen LogP contribution in [0.1, 0.15) is 18.4 Å². The van der Waals surface area contributed by atoms with Crippen molar-refractivity contribution in [2.75, 3.05) is 5.32 Å². The Kier molecular flexibility index (Phi) is 4.68. The number of pyridine rings is 1. The van der Waals surface area contributed by atoms with Gasteiger partial charge in [-0.2, -0.15) is 5.26 Å².